The molecule has 57 heavy (non-hydrogen) atoms. The molecule has 4 aromatic carbocycles. The Morgan fingerprint density at radius 3 is 1.93 bits per heavy atom. The predicted octanol–water partition coefficient (Wildman–Crippen LogP) is 14.5. The third-order valence-corrected chi connectivity index (χ3v) is 10.2. The van der Waals surface area contributed by atoms with Gasteiger partial charge >= 0.3 is 0 Å². The van der Waals surface area contributed by atoms with Crippen LogP contribution in [-0.4, -0.2) is 23.2 Å². The number of ether oxygens (including phenoxy) is 1. The van der Waals surface area contributed by atoms with E-state index in [-0.39, 0.29) is 17.5 Å². The van der Waals surface area contributed by atoms with Gasteiger partial charge in [0.2, 0.25) is 0 Å². The molecule has 0 aliphatic heterocycles. The van der Waals surface area contributed by atoms with E-state index in [1.165, 1.54) is 34.8 Å². The van der Waals surface area contributed by atoms with Crippen molar-refractivity contribution in [3.05, 3.63) is 176 Å². The van der Waals surface area contributed by atoms with Crippen molar-refractivity contribution < 1.29 is 14.6 Å². The number of carbonyl (C=O) groups is 1. The Labute approximate surface area is 343 Å². The lowest BCUT2D eigenvalue weighted by Crippen LogP contribution is -2.19. The topological polar surface area (TPSA) is 58.9 Å². The van der Waals surface area contributed by atoms with Gasteiger partial charge in [-0.3, -0.25) is 9.79 Å². The quantitative estimate of drug-likeness (QED) is 0.0703. The Kier molecular flexibility index (Phi) is 19.2. The number of hydrogen-bond acceptors (Lipinski definition) is 4. The van der Waals surface area contributed by atoms with E-state index in [9.17, 15) is 9.90 Å². The van der Waals surface area contributed by atoms with Crippen LogP contribution in [0.25, 0.3) is 28.0 Å². The van der Waals surface area contributed by atoms with Crippen molar-refractivity contribution in [1.29, 1.82) is 0 Å². The van der Waals surface area contributed by atoms with E-state index in [0.29, 0.717) is 18.3 Å². The smallest absolute Gasteiger partial charge is 0.158 e. The minimum Gasteiger partial charge on any atom is -0.507 e. The Balaban J connectivity index is 0.000000308. The van der Waals surface area contributed by atoms with Gasteiger partial charge in [-0.1, -0.05) is 163 Å². The highest BCUT2D eigenvalue weighted by molar-refractivity contribution is 6.07. The molecule has 5 rings (SSSR count). The van der Waals surface area contributed by atoms with Gasteiger partial charge in [-0.15, -0.1) is 0 Å². The van der Waals surface area contributed by atoms with Gasteiger partial charge in [0.05, 0.1) is 18.0 Å². The fraction of sp³-hybridized carbons (Fsp3) is 0.283. The molecule has 0 aromatic heterocycles. The molecule has 0 amide bonds. The van der Waals surface area contributed by atoms with Crippen LogP contribution in [0.3, 0.4) is 0 Å². The second-order valence-electron chi connectivity index (χ2n) is 14.4. The summed E-state index contributed by atoms with van der Waals surface area (Å²) in [5.41, 5.74) is 11.8. The highest BCUT2D eigenvalue weighted by atomic mass is 16.5. The van der Waals surface area contributed by atoms with Gasteiger partial charge in [-0.2, -0.15) is 0 Å². The third-order valence-electron chi connectivity index (χ3n) is 10.2. The summed E-state index contributed by atoms with van der Waals surface area (Å²) < 4.78 is 5.70. The number of carbonyl (C=O) groups excluding carboxylic acids is 1. The zero-order chi connectivity index (χ0) is 41.7. The van der Waals surface area contributed by atoms with Gasteiger partial charge in [-0.25, -0.2) is 0 Å². The summed E-state index contributed by atoms with van der Waals surface area (Å²) in [6.07, 6.45) is 13.1. The van der Waals surface area contributed by atoms with Gasteiger partial charge in [0.15, 0.2) is 5.78 Å². The number of aromatic hydroxyl groups is 1. The van der Waals surface area contributed by atoms with Crippen LogP contribution in [0.15, 0.2) is 158 Å². The van der Waals surface area contributed by atoms with Gasteiger partial charge in [0.25, 0.3) is 0 Å². The van der Waals surface area contributed by atoms with Gasteiger partial charge in [0.1, 0.15) is 11.5 Å². The SMILES string of the molecule is C=C/C=C(\C=C)c1ccc(C(=C)C)cc1.C=CC(=O)C1CCC1.CCCOc1ccc(C(=N/C(=C(\C)CC)c2ccc(-c3ccccc3)cc2)C(C)CC)c(O)c1. The predicted molar refractivity (Wildman–Crippen MR) is 247 cm³/mol. The molecule has 4 nitrogen and oxygen atoms in total. The number of aliphatic imine (C=N–C) groups is 1. The van der Waals surface area contributed by atoms with E-state index < -0.39 is 0 Å². The number of hydrogen-bond donors (Lipinski definition) is 1. The minimum absolute atomic E-state index is 0.191. The van der Waals surface area contributed by atoms with E-state index in [0.717, 1.165) is 71.3 Å². The van der Waals surface area contributed by atoms with Crippen LogP contribution >= 0.6 is 0 Å². The highest BCUT2D eigenvalue weighted by Gasteiger charge is 2.22. The van der Waals surface area contributed by atoms with Gasteiger partial charge < -0.3 is 9.84 Å². The average Bonchev–Trinajstić information content (AvgIpc) is 3.22. The Hall–Kier alpha value is -5.74. The largest absolute Gasteiger partial charge is 0.507 e. The molecule has 0 bridgehead atoms. The van der Waals surface area contributed by atoms with Crippen molar-refractivity contribution >= 4 is 28.3 Å². The van der Waals surface area contributed by atoms with Crippen molar-refractivity contribution in [3.63, 3.8) is 0 Å². The number of ketones is 1. The number of rotatable bonds is 16. The molecule has 0 spiro atoms. The first kappa shape index (κ1) is 45.6. The number of phenolic OH excluding ortho intramolecular Hbond substituents is 1. The Bertz CT molecular complexity index is 2020. The van der Waals surface area contributed by atoms with Gasteiger partial charge in [-0.05, 0) is 103 Å². The number of allylic oxidation sites excluding steroid dienone is 7. The van der Waals surface area contributed by atoms with Crippen molar-refractivity contribution in [2.24, 2.45) is 16.8 Å². The maximum absolute atomic E-state index is 10.9. The summed E-state index contributed by atoms with van der Waals surface area (Å²) >= 11 is 0. The molecular formula is C53H63NO3. The fourth-order valence-corrected chi connectivity index (χ4v) is 6.03. The summed E-state index contributed by atoms with van der Waals surface area (Å²) in [5, 5.41) is 10.9. The summed E-state index contributed by atoms with van der Waals surface area (Å²) in [5.74, 6) is 1.66. The lowest BCUT2D eigenvalue weighted by Gasteiger charge is -2.21. The third kappa shape index (κ3) is 13.8. The molecule has 1 aliphatic rings. The molecule has 1 aliphatic carbocycles. The van der Waals surface area contributed by atoms with E-state index in [4.69, 9.17) is 9.73 Å². The molecule has 1 N–H and O–H groups in total. The van der Waals surface area contributed by atoms with Crippen LogP contribution in [-0.2, 0) is 4.79 Å². The van der Waals surface area contributed by atoms with Crippen LogP contribution in [0.4, 0.5) is 0 Å². The lowest BCUT2D eigenvalue weighted by atomic mass is 9.82. The monoisotopic (exact) mass is 761 g/mol. The number of phenols is 1. The second-order valence-corrected chi connectivity index (χ2v) is 14.4. The summed E-state index contributed by atoms with van der Waals surface area (Å²) in [6.45, 7) is 28.1. The van der Waals surface area contributed by atoms with E-state index in [1.54, 1.807) is 12.1 Å². The number of nitrogens with zero attached hydrogens (tertiary/aromatic N) is 1. The van der Waals surface area contributed by atoms with Crippen molar-refractivity contribution in [3.8, 4) is 22.6 Å². The maximum atomic E-state index is 10.9. The van der Waals surface area contributed by atoms with E-state index in [1.807, 2.05) is 37.3 Å². The van der Waals surface area contributed by atoms with Crippen LogP contribution < -0.4 is 4.74 Å². The first-order valence-corrected chi connectivity index (χ1v) is 20.3. The summed E-state index contributed by atoms with van der Waals surface area (Å²) in [6, 6.07) is 32.8. The standard InChI is InChI=1S/C31H37NO2.C15H16.C7H10O/c1-6-20-34-27-18-19-28(29(33)21-27)31(23(5)8-3)32-30(22(4)7-2)26-16-14-25(15-17-26)24-12-10-9-11-13-24;1-5-7-13(6-2)15-10-8-14(9-11-15)12(3)4;1-2-7(8)6-4-3-5-6/h9-19,21,23,33H,6-8,20H2,1-5H3;5-11H,1-3H2,4H3;2,6H,1,3-5H2/b30-22+,32-31?;13-7+;. The molecule has 4 heteroatoms. The van der Waals surface area contributed by atoms with Gasteiger partial charge in [0, 0.05) is 23.1 Å². The first-order valence-electron chi connectivity index (χ1n) is 20.3. The molecule has 0 saturated heterocycles. The van der Waals surface area contributed by atoms with Crippen LogP contribution in [0.2, 0.25) is 0 Å². The molecule has 298 valence electrons. The zero-order valence-corrected chi connectivity index (χ0v) is 35.2. The zero-order valence-electron chi connectivity index (χ0n) is 35.2. The molecule has 1 unspecified atom stereocenters. The van der Waals surface area contributed by atoms with E-state index in [2.05, 4.69) is 134 Å². The Morgan fingerprint density at radius 2 is 1.46 bits per heavy atom. The first-order chi connectivity index (χ1) is 27.5. The van der Waals surface area contributed by atoms with Crippen molar-refractivity contribution in [2.75, 3.05) is 6.61 Å². The molecule has 1 atom stereocenters. The van der Waals surface area contributed by atoms with Crippen LogP contribution in [0, 0.1) is 11.8 Å². The van der Waals surface area contributed by atoms with E-state index >= 15 is 0 Å². The van der Waals surface area contributed by atoms with Crippen LogP contribution in [0.5, 0.6) is 11.5 Å². The van der Waals surface area contributed by atoms with Crippen molar-refractivity contribution in [1.82, 2.24) is 0 Å². The minimum atomic E-state index is 0.191. The van der Waals surface area contributed by atoms with Crippen molar-refractivity contribution in [2.45, 2.75) is 80.1 Å². The normalized spacial score (nSPS) is 13.6. The number of benzene rings is 4. The lowest BCUT2D eigenvalue weighted by molar-refractivity contribution is -0.120. The Morgan fingerprint density at radius 1 is 0.842 bits per heavy atom. The second kappa shape index (κ2) is 24.0. The molecule has 0 radical (unpaired) electrons. The van der Waals surface area contributed by atoms with Crippen LogP contribution in [0.1, 0.15) is 102 Å². The molecule has 1 saturated carbocycles. The maximum Gasteiger partial charge on any atom is 0.158 e. The molecule has 1 fully saturated rings. The summed E-state index contributed by atoms with van der Waals surface area (Å²) in [7, 11) is 0. The average molecular weight is 762 g/mol. The highest BCUT2D eigenvalue weighted by Crippen LogP contribution is 2.32. The molecule has 0 heterocycles. The molecular weight excluding hydrogens is 699 g/mol. The molecule has 4 aromatic rings. The summed E-state index contributed by atoms with van der Waals surface area (Å²) in [4.78, 5) is 15.9. The fourth-order valence-electron chi connectivity index (χ4n) is 6.03.